The van der Waals surface area contributed by atoms with Crippen LogP contribution in [0.15, 0.2) is 36.5 Å². The summed E-state index contributed by atoms with van der Waals surface area (Å²) in [5, 5.41) is 18.5. The monoisotopic (exact) mass is 430 g/mol. The van der Waals surface area contributed by atoms with Gasteiger partial charge < -0.3 is 15.3 Å². The van der Waals surface area contributed by atoms with E-state index in [-0.39, 0.29) is 22.9 Å². The van der Waals surface area contributed by atoms with Gasteiger partial charge in [0.25, 0.3) is 0 Å². The van der Waals surface area contributed by atoms with Crippen molar-refractivity contribution in [2.24, 2.45) is 0 Å². The van der Waals surface area contributed by atoms with Gasteiger partial charge in [-0.15, -0.1) is 0 Å². The van der Waals surface area contributed by atoms with Crippen molar-refractivity contribution < 1.29 is 14.3 Å². The van der Waals surface area contributed by atoms with Crippen LogP contribution in [-0.2, 0) is 10.2 Å². The topological polar surface area (TPSA) is 96.2 Å². The number of hydrogen-bond donors (Lipinski definition) is 2. The highest BCUT2D eigenvalue weighted by Gasteiger charge is 2.35. The maximum absolute atomic E-state index is 13.0. The number of carbonyl (C=O) groups excluding carboxylic acids is 1. The van der Waals surface area contributed by atoms with Crippen molar-refractivity contribution in [3.63, 3.8) is 0 Å². The van der Waals surface area contributed by atoms with Crippen molar-refractivity contribution in [3.05, 3.63) is 58.8 Å². The number of aliphatic hydroxyl groups is 1. The van der Waals surface area contributed by atoms with Crippen molar-refractivity contribution in [1.29, 1.82) is 0 Å². The predicted molar refractivity (Wildman–Crippen MR) is 110 cm³/mol. The second-order valence-electron chi connectivity index (χ2n) is 8.01. The number of amides is 1. The molecule has 30 heavy (non-hydrogen) atoms. The fourth-order valence-corrected chi connectivity index (χ4v) is 3.30. The van der Waals surface area contributed by atoms with Crippen molar-refractivity contribution in [3.8, 4) is 5.82 Å². The van der Waals surface area contributed by atoms with Gasteiger partial charge in [-0.1, -0.05) is 32.4 Å². The molecule has 0 bridgehead atoms. The zero-order chi connectivity index (χ0) is 21.6. The van der Waals surface area contributed by atoms with Crippen LogP contribution in [0.4, 0.5) is 16.0 Å². The minimum absolute atomic E-state index is 0.183. The van der Waals surface area contributed by atoms with Crippen LogP contribution in [0, 0.1) is 5.82 Å². The molecule has 4 rings (SSSR count). The van der Waals surface area contributed by atoms with Gasteiger partial charge in [-0.25, -0.2) is 14.4 Å². The molecule has 0 saturated heterocycles. The Balaban J connectivity index is 1.70. The van der Waals surface area contributed by atoms with Crippen LogP contribution in [0.5, 0.6) is 0 Å². The van der Waals surface area contributed by atoms with Gasteiger partial charge in [0.2, 0.25) is 5.91 Å². The lowest BCUT2D eigenvalue weighted by Gasteiger charge is -2.34. The summed E-state index contributed by atoms with van der Waals surface area (Å²) in [5.74, 6) is 0.212. The van der Waals surface area contributed by atoms with Crippen LogP contribution in [0.2, 0.25) is 5.15 Å². The maximum Gasteiger partial charge on any atom is 0.245 e. The minimum Gasteiger partial charge on any atom is -0.369 e. The Hall–Kier alpha value is -3.04. The molecular weight excluding hydrogens is 411 g/mol. The first-order chi connectivity index (χ1) is 14.1. The van der Waals surface area contributed by atoms with E-state index in [1.54, 1.807) is 16.8 Å². The van der Waals surface area contributed by atoms with Crippen molar-refractivity contribution >= 4 is 29.1 Å². The quantitative estimate of drug-likeness (QED) is 0.619. The van der Waals surface area contributed by atoms with Gasteiger partial charge in [0.05, 0.1) is 11.9 Å². The van der Waals surface area contributed by atoms with Gasteiger partial charge in [0.15, 0.2) is 12.0 Å². The lowest BCUT2D eigenvalue weighted by Crippen LogP contribution is -2.40. The van der Waals surface area contributed by atoms with Crippen LogP contribution < -0.4 is 10.2 Å². The molecule has 10 heteroatoms. The molecular formula is C20H20ClFN6O2. The third-order valence-corrected chi connectivity index (χ3v) is 4.92. The van der Waals surface area contributed by atoms with Crippen molar-refractivity contribution in [1.82, 2.24) is 19.7 Å². The smallest absolute Gasteiger partial charge is 0.245 e. The Bertz CT molecular complexity index is 1110. The molecule has 0 saturated carbocycles. The molecule has 8 nitrogen and oxygen atoms in total. The highest BCUT2D eigenvalue weighted by atomic mass is 35.5. The fourth-order valence-electron chi connectivity index (χ4n) is 3.15. The first-order valence-electron chi connectivity index (χ1n) is 9.27. The summed E-state index contributed by atoms with van der Waals surface area (Å²) < 4.78 is 14.6. The average Bonchev–Trinajstić information content (AvgIpc) is 3.13. The van der Waals surface area contributed by atoms with Gasteiger partial charge >= 0.3 is 0 Å². The van der Waals surface area contributed by atoms with Crippen molar-refractivity contribution in [2.75, 3.05) is 16.8 Å². The minimum atomic E-state index is -1.13. The van der Waals surface area contributed by atoms with Crippen LogP contribution in [0.25, 0.3) is 5.82 Å². The molecule has 1 amide bonds. The zero-order valence-electron chi connectivity index (χ0n) is 16.6. The van der Waals surface area contributed by atoms with E-state index in [1.807, 2.05) is 26.8 Å². The maximum atomic E-state index is 13.0. The summed E-state index contributed by atoms with van der Waals surface area (Å²) in [6.45, 7) is 5.86. The highest BCUT2D eigenvalue weighted by Crippen LogP contribution is 2.38. The van der Waals surface area contributed by atoms with Crippen LogP contribution in [-0.4, -0.2) is 37.3 Å². The Kier molecular flexibility index (Phi) is 4.95. The Morgan fingerprint density at radius 1 is 1.30 bits per heavy atom. The number of halogens is 2. The van der Waals surface area contributed by atoms with Gasteiger partial charge in [-0.2, -0.15) is 9.78 Å². The van der Waals surface area contributed by atoms with Gasteiger partial charge in [0, 0.05) is 17.0 Å². The molecule has 1 unspecified atom stereocenters. The molecule has 1 atom stereocenters. The number of carbonyl (C=O) groups is 1. The molecule has 156 valence electrons. The molecule has 1 aliphatic heterocycles. The van der Waals surface area contributed by atoms with E-state index in [9.17, 15) is 14.3 Å². The lowest BCUT2D eigenvalue weighted by molar-refractivity contribution is -0.115. The molecule has 0 fully saturated rings. The first-order valence-corrected chi connectivity index (χ1v) is 9.65. The normalized spacial score (nSPS) is 15.5. The molecule has 0 aliphatic carbocycles. The molecule has 4 heterocycles. The van der Waals surface area contributed by atoms with Crippen LogP contribution in [0.1, 0.15) is 38.3 Å². The number of aromatic nitrogens is 4. The summed E-state index contributed by atoms with van der Waals surface area (Å²) in [6.07, 6.45) is -0.115. The Labute approximate surface area is 177 Å². The molecule has 3 aromatic heterocycles. The second-order valence-corrected chi connectivity index (χ2v) is 8.40. The Morgan fingerprint density at radius 3 is 2.73 bits per heavy atom. The summed E-state index contributed by atoms with van der Waals surface area (Å²) in [6, 6.07) is 7.61. The average molecular weight is 431 g/mol. The van der Waals surface area contributed by atoms with E-state index in [2.05, 4.69) is 20.4 Å². The van der Waals surface area contributed by atoms with Crippen molar-refractivity contribution in [2.45, 2.75) is 32.4 Å². The van der Waals surface area contributed by atoms with Gasteiger partial charge in [0.1, 0.15) is 29.2 Å². The summed E-state index contributed by atoms with van der Waals surface area (Å²) in [4.78, 5) is 22.3. The van der Waals surface area contributed by atoms with E-state index >= 15 is 0 Å². The van der Waals surface area contributed by atoms with E-state index in [1.165, 1.54) is 17.0 Å². The van der Waals surface area contributed by atoms with E-state index in [4.69, 9.17) is 11.6 Å². The SMILES string of the molecule is CC(C)(C)c1cc2n(n1)-c1nc(Cl)ccc1C(O)N2CC(=O)Nc1ccc(F)cn1. The summed E-state index contributed by atoms with van der Waals surface area (Å²) >= 11 is 6.06. The predicted octanol–water partition coefficient (Wildman–Crippen LogP) is 3.20. The molecule has 0 aromatic carbocycles. The van der Waals surface area contributed by atoms with Crippen LogP contribution in [0.3, 0.4) is 0 Å². The number of pyridine rings is 2. The van der Waals surface area contributed by atoms with E-state index in [0.717, 1.165) is 11.9 Å². The van der Waals surface area contributed by atoms with Gasteiger partial charge in [-0.3, -0.25) is 4.79 Å². The summed E-state index contributed by atoms with van der Waals surface area (Å²) in [7, 11) is 0. The number of nitrogens with zero attached hydrogens (tertiary/aromatic N) is 5. The standard InChI is InChI=1S/C20H20ClFN6O2/c1-20(2,3)13-8-17-27(10-16(29)25-15-7-4-11(22)9-23-15)19(30)12-5-6-14(21)24-18(12)28(17)26-13/h4-9,19,30H,10H2,1-3H3,(H,23,25,29). The number of hydrogen-bond acceptors (Lipinski definition) is 6. The Morgan fingerprint density at radius 2 is 2.07 bits per heavy atom. The number of anilines is 2. The third kappa shape index (κ3) is 3.73. The highest BCUT2D eigenvalue weighted by molar-refractivity contribution is 6.29. The largest absolute Gasteiger partial charge is 0.369 e. The number of aliphatic hydroxyl groups excluding tert-OH is 1. The first kappa shape index (κ1) is 20.2. The number of fused-ring (bicyclic) bond motifs is 3. The number of nitrogens with one attached hydrogen (secondary N) is 1. The number of rotatable bonds is 3. The molecule has 3 aromatic rings. The summed E-state index contributed by atoms with van der Waals surface area (Å²) in [5.41, 5.74) is 0.980. The van der Waals surface area contributed by atoms with Crippen LogP contribution >= 0.6 is 11.6 Å². The van der Waals surface area contributed by atoms with E-state index in [0.29, 0.717) is 17.2 Å². The molecule has 0 radical (unpaired) electrons. The lowest BCUT2D eigenvalue weighted by atomic mass is 9.92. The van der Waals surface area contributed by atoms with E-state index < -0.39 is 18.0 Å². The second kappa shape index (κ2) is 7.33. The van der Waals surface area contributed by atoms with Gasteiger partial charge in [-0.05, 0) is 24.3 Å². The molecule has 1 aliphatic rings. The molecule has 0 spiro atoms. The molecule has 2 N–H and O–H groups in total. The third-order valence-electron chi connectivity index (χ3n) is 4.71. The zero-order valence-corrected chi connectivity index (χ0v) is 17.4. The fraction of sp³-hybridized carbons (Fsp3) is 0.300.